The van der Waals surface area contributed by atoms with Crippen LogP contribution in [0.1, 0.15) is 37.2 Å². The average molecular weight is 498 g/mol. The standard InChI is InChI=1S/C21H21F3N4O5S/c1-11(2)27-16-6-12(18(29)26-21(3)9-34(31,32)10-21)8-25-17(16)28(20(27)30)15-7-13(33-19(23)24)4-5-14(15)22/h4-8,11,19H,9-10H2,1-3H3,(H,26,29). The lowest BCUT2D eigenvalue weighted by Gasteiger charge is -2.38. The molecule has 9 nitrogen and oxygen atoms in total. The number of pyridine rings is 1. The first-order valence-electron chi connectivity index (χ1n) is 10.2. The topological polar surface area (TPSA) is 112 Å². The number of nitrogens with one attached hydrogen (secondary N) is 1. The molecule has 0 saturated carbocycles. The summed E-state index contributed by atoms with van der Waals surface area (Å²) in [5.41, 5.74) is -1.67. The number of sulfone groups is 1. The number of nitrogens with zero attached hydrogens (tertiary/aromatic N) is 3. The van der Waals surface area contributed by atoms with Gasteiger partial charge in [-0.1, -0.05) is 0 Å². The summed E-state index contributed by atoms with van der Waals surface area (Å²) in [6.07, 6.45) is 1.17. The molecule has 0 radical (unpaired) electrons. The molecule has 1 amide bonds. The molecule has 3 aromatic rings. The van der Waals surface area contributed by atoms with Crippen LogP contribution >= 0.6 is 0 Å². The molecule has 1 saturated heterocycles. The van der Waals surface area contributed by atoms with Crippen LogP contribution in [0.15, 0.2) is 35.3 Å². The largest absolute Gasteiger partial charge is 0.435 e. The van der Waals surface area contributed by atoms with E-state index in [-0.39, 0.29) is 39.7 Å². The molecule has 0 unspecified atom stereocenters. The van der Waals surface area contributed by atoms with E-state index >= 15 is 0 Å². The molecule has 0 atom stereocenters. The zero-order valence-electron chi connectivity index (χ0n) is 18.4. The van der Waals surface area contributed by atoms with Crippen molar-refractivity contribution in [3.05, 3.63) is 52.3 Å². The predicted octanol–water partition coefficient (Wildman–Crippen LogP) is 2.43. The maximum atomic E-state index is 14.7. The number of amides is 1. The van der Waals surface area contributed by atoms with Crippen LogP contribution in [0.4, 0.5) is 13.2 Å². The van der Waals surface area contributed by atoms with Gasteiger partial charge in [0, 0.05) is 18.3 Å². The molecule has 13 heteroatoms. The van der Waals surface area contributed by atoms with E-state index in [0.717, 1.165) is 22.8 Å². The summed E-state index contributed by atoms with van der Waals surface area (Å²) in [6.45, 7) is 1.87. The number of hydrogen-bond donors (Lipinski definition) is 1. The summed E-state index contributed by atoms with van der Waals surface area (Å²) in [4.78, 5) is 30.2. The van der Waals surface area contributed by atoms with Crippen LogP contribution in [0, 0.1) is 5.82 Å². The Balaban J connectivity index is 1.81. The lowest BCUT2D eigenvalue weighted by atomic mass is 10.1. The first kappa shape index (κ1) is 23.8. The van der Waals surface area contributed by atoms with E-state index in [1.165, 1.54) is 16.8 Å². The minimum atomic E-state index is -3.19. The van der Waals surface area contributed by atoms with Crippen LogP contribution in [-0.2, 0) is 9.84 Å². The minimum absolute atomic E-state index is 0.000723. The highest BCUT2D eigenvalue weighted by Crippen LogP contribution is 2.27. The van der Waals surface area contributed by atoms with Gasteiger partial charge in [-0.2, -0.15) is 8.78 Å². The quantitative estimate of drug-likeness (QED) is 0.559. The fourth-order valence-corrected chi connectivity index (χ4v) is 6.13. The molecule has 0 aliphatic carbocycles. The highest BCUT2D eigenvalue weighted by Gasteiger charge is 2.45. The Morgan fingerprint density at radius 1 is 1.24 bits per heavy atom. The normalized spacial score (nSPS) is 16.6. The fourth-order valence-electron chi connectivity index (χ4n) is 4.12. The van der Waals surface area contributed by atoms with Gasteiger partial charge in [0.15, 0.2) is 15.5 Å². The Bertz CT molecular complexity index is 1450. The SMILES string of the molecule is CC(C)n1c(=O)n(-c2cc(OC(F)F)ccc2F)c2ncc(C(=O)NC3(C)CS(=O)(=O)C3)cc21. The summed E-state index contributed by atoms with van der Waals surface area (Å²) in [6, 6.07) is 3.84. The van der Waals surface area contributed by atoms with Gasteiger partial charge in [-0.3, -0.25) is 9.36 Å². The number of alkyl halides is 2. The highest BCUT2D eigenvalue weighted by molar-refractivity contribution is 7.93. The van der Waals surface area contributed by atoms with Crippen molar-refractivity contribution in [3.8, 4) is 11.4 Å². The van der Waals surface area contributed by atoms with Crippen molar-refractivity contribution in [2.45, 2.75) is 39.0 Å². The first-order valence-corrected chi connectivity index (χ1v) is 12.0. The van der Waals surface area contributed by atoms with Gasteiger partial charge >= 0.3 is 12.3 Å². The third kappa shape index (κ3) is 4.27. The van der Waals surface area contributed by atoms with Gasteiger partial charge in [0.05, 0.1) is 33.8 Å². The Morgan fingerprint density at radius 2 is 1.91 bits per heavy atom. The zero-order chi connectivity index (χ0) is 25.0. The molecule has 2 aromatic heterocycles. The molecule has 3 heterocycles. The second-order valence-corrected chi connectivity index (χ2v) is 10.8. The van der Waals surface area contributed by atoms with Crippen molar-refractivity contribution in [2.24, 2.45) is 0 Å². The molecule has 1 aromatic carbocycles. The van der Waals surface area contributed by atoms with Crippen LogP contribution < -0.4 is 15.7 Å². The van der Waals surface area contributed by atoms with Crippen molar-refractivity contribution < 1.29 is 31.1 Å². The Kier molecular flexibility index (Phi) is 5.70. The molecule has 0 spiro atoms. The number of carbonyl (C=O) groups excluding carboxylic acids is 1. The van der Waals surface area contributed by atoms with Crippen LogP contribution in [-0.4, -0.2) is 52.1 Å². The number of imidazole rings is 1. The van der Waals surface area contributed by atoms with Crippen LogP contribution in [0.25, 0.3) is 16.9 Å². The summed E-state index contributed by atoms with van der Waals surface area (Å²) < 4.78 is 69.5. The van der Waals surface area contributed by atoms with E-state index < -0.39 is 45.4 Å². The van der Waals surface area contributed by atoms with Crippen LogP contribution in [0.2, 0.25) is 0 Å². The third-order valence-electron chi connectivity index (χ3n) is 5.37. The molecule has 182 valence electrons. The van der Waals surface area contributed by atoms with Gasteiger partial charge in [0.2, 0.25) is 0 Å². The molecule has 1 fully saturated rings. The maximum absolute atomic E-state index is 14.7. The number of hydrogen-bond acceptors (Lipinski definition) is 6. The van der Waals surface area contributed by atoms with Gasteiger partial charge in [-0.05, 0) is 39.0 Å². The van der Waals surface area contributed by atoms with E-state index in [4.69, 9.17) is 0 Å². The van der Waals surface area contributed by atoms with Crippen molar-refractivity contribution in [3.63, 3.8) is 0 Å². The van der Waals surface area contributed by atoms with Gasteiger partial charge < -0.3 is 10.1 Å². The van der Waals surface area contributed by atoms with E-state index in [0.29, 0.717) is 0 Å². The number of halogens is 3. The summed E-state index contributed by atoms with van der Waals surface area (Å²) >= 11 is 0. The highest BCUT2D eigenvalue weighted by atomic mass is 32.2. The van der Waals surface area contributed by atoms with Crippen molar-refractivity contribution in [1.29, 1.82) is 0 Å². The van der Waals surface area contributed by atoms with Crippen LogP contribution in [0.3, 0.4) is 0 Å². The van der Waals surface area contributed by atoms with E-state index in [1.54, 1.807) is 20.8 Å². The van der Waals surface area contributed by atoms with Gasteiger partial charge in [0.1, 0.15) is 11.6 Å². The Hall–Kier alpha value is -3.35. The second-order valence-electron chi connectivity index (χ2n) is 8.69. The summed E-state index contributed by atoms with van der Waals surface area (Å²) in [5.74, 6) is -2.17. The monoisotopic (exact) mass is 498 g/mol. The molecule has 1 aliphatic rings. The number of ether oxygens (including phenoxy) is 1. The lowest BCUT2D eigenvalue weighted by Crippen LogP contribution is -2.63. The number of carbonyl (C=O) groups is 1. The number of rotatable bonds is 6. The van der Waals surface area contributed by atoms with Gasteiger partial charge in [0.25, 0.3) is 5.91 Å². The number of benzene rings is 1. The third-order valence-corrected chi connectivity index (χ3v) is 7.52. The number of fused-ring (bicyclic) bond motifs is 1. The molecule has 1 aliphatic heterocycles. The molecule has 1 N–H and O–H groups in total. The maximum Gasteiger partial charge on any atom is 0.387 e. The molecular formula is C21H21F3N4O5S. The minimum Gasteiger partial charge on any atom is -0.435 e. The van der Waals surface area contributed by atoms with Crippen molar-refractivity contribution in [1.82, 2.24) is 19.4 Å². The average Bonchev–Trinajstić information content (AvgIpc) is 2.98. The molecular weight excluding hydrogens is 477 g/mol. The Morgan fingerprint density at radius 3 is 2.50 bits per heavy atom. The van der Waals surface area contributed by atoms with E-state index in [2.05, 4.69) is 15.0 Å². The fraction of sp³-hybridized carbons (Fsp3) is 0.381. The van der Waals surface area contributed by atoms with Crippen LogP contribution in [0.5, 0.6) is 5.75 Å². The van der Waals surface area contributed by atoms with E-state index in [9.17, 15) is 31.2 Å². The molecule has 34 heavy (non-hydrogen) atoms. The number of aromatic nitrogens is 3. The zero-order valence-corrected chi connectivity index (χ0v) is 19.2. The lowest BCUT2D eigenvalue weighted by molar-refractivity contribution is -0.0498. The van der Waals surface area contributed by atoms with Gasteiger partial charge in [-0.25, -0.2) is 27.2 Å². The summed E-state index contributed by atoms with van der Waals surface area (Å²) in [5, 5.41) is 2.67. The second kappa shape index (κ2) is 8.15. The molecule has 0 bridgehead atoms. The summed E-state index contributed by atoms with van der Waals surface area (Å²) in [7, 11) is -3.19. The van der Waals surface area contributed by atoms with Crippen molar-refractivity contribution in [2.75, 3.05) is 11.5 Å². The molecule has 4 rings (SSSR count). The predicted molar refractivity (Wildman–Crippen MR) is 117 cm³/mol. The van der Waals surface area contributed by atoms with Crippen molar-refractivity contribution >= 4 is 26.9 Å². The smallest absolute Gasteiger partial charge is 0.387 e. The van der Waals surface area contributed by atoms with E-state index in [1.807, 2.05) is 0 Å². The Labute approximate surface area is 192 Å². The van der Waals surface area contributed by atoms with Gasteiger partial charge in [-0.15, -0.1) is 0 Å². The first-order chi connectivity index (χ1) is 15.8.